The summed E-state index contributed by atoms with van der Waals surface area (Å²) < 4.78 is 4.14. The molecule has 5 N–H and O–H groups in total. The lowest BCUT2D eigenvalue weighted by Gasteiger charge is -2.21. The lowest BCUT2D eigenvalue weighted by Crippen LogP contribution is -2.47. The van der Waals surface area contributed by atoms with Gasteiger partial charge in [0.1, 0.15) is 24.9 Å². The lowest BCUT2D eigenvalue weighted by atomic mass is 10.0. The summed E-state index contributed by atoms with van der Waals surface area (Å²) in [5, 5.41) is 39.5. The quantitative estimate of drug-likeness (QED) is 0.170. The van der Waals surface area contributed by atoms with Gasteiger partial charge in [0, 0.05) is 0 Å². The number of carbonyl (C=O) groups excluding carboxylic acids is 2. The van der Waals surface area contributed by atoms with Crippen molar-refractivity contribution in [3.05, 3.63) is 0 Å². The Bertz CT molecular complexity index is 359. The van der Waals surface area contributed by atoms with Crippen molar-refractivity contribution in [2.75, 3.05) is 19.7 Å². The molecule has 0 aromatic carbocycles. The molecule has 0 aromatic rings. The van der Waals surface area contributed by atoms with Crippen molar-refractivity contribution in [1.82, 2.24) is 5.32 Å². The van der Waals surface area contributed by atoms with E-state index < -0.39 is 42.6 Å². The maximum atomic E-state index is 11.5. The number of aliphatic carboxylic acids is 1. The van der Waals surface area contributed by atoms with E-state index in [9.17, 15) is 29.7 Å². The molecule has 0 fully saturated rings. The van der Waals surface area contributed by atoms with Crippen LogP contribution in [0.3, 0.4) is 0 Å². The Morgan fingerprint density at radius 2 is 1.81 bits per heavy atom. The van der Waals surface area contributed by atoms with Crippen molar-refractivity contribution in [1.29, 1.82) is 0 Å². The fourth-order valence-corrected chi connectivity index (χ4v) is 1.34. The summed E-state index contributed by atoms with van der Waals surface area (Å²) in [6, 6.07) is 0. The molecule has 0 amide bonds. The Morgan fingerprint density at radius 3 is 2.33 bits per heavy atom. The van der Waals surface area contributed by atoms with Crippen LogP contribution >= 0.6 is 0 Å². The minimum absolute atomic E-state index is 0.181. The number of hydrogen-bond donors (Lipinski definition) is 5. The number of ether oxygens (including phenoxy) is 1. The zero-order chi connectivity index (χ0) is 16.4. The lowest BCUT2D eigenvalue weighted by molar-refractivity contribution is -0.168. The van der Waals surface area contributed by atoms with Gasteiger partial charge in [0.25, 0.3) is 0 Å². The number of aliphatic hydroxyl groups excluding tert-OH is 3. The largest absolute Gasteiger partial charge is 0.473 e. The summed E-state index contributed by atoms with van der Waals surface area (Å²) >= 11 is 0. The van der Waals surface area contributed by atoms with Crippen LogP contribution in [-0.4, -0.2) is 76.2 Å². The number of hydrogen-bond acceptors (Lipinski definition) is 8. The first-order valence-electron chi connectivity index (χ1n) is 6.48. The van der Waals surface area contributed by atoms with Gasteiger partial charge in [0.15, 0.2) is 5.78 Å². The summed E-state index contributed by atoms with van der Waals surface area (Å²) in [4.78, 5) is 32.3. The monoisotopic (exact) mass is 307 g/mol. The molecule has 0 aliphatic carbocycles. The number of rotatable bonds is 10. The normalized spacial score (nSPS) is 15.0. The van der Waals surface area contributed by atoms with E-state index in [4.69, 9.17) is 5.11 Å². The Balaban J connectivity index is 4.16. The van der Waals surface area contributed by atoms with Crippen LogP contribution in [-0.2, 0) is 19.1 Å². The van der Waals surface area contributed by atoms with Gasteiger partial charge in [-0.25, -0.2) is 9.59 Å². The van der Waals surface area contributed by atoms with Crippen LogP contribution in [0.2, 0.25) is 0 Å². The Kier molecular flexibility index (Phi) is 9.46. The second-order valence-electron chi connectivity index (χ2n) is 4.40. The summed E-state index contributed by atoms with van der Waals surface area (Å²) in [6.07, 6.45) is -3.74. The van der Waals surface area contributed by atoms with Crippen molar-refractivity contribution >= 4 is 17.7 Å². The van der Waals surface area contributed by atoms with Crippen LogP contribution in [0.25, 0.3) is 0 Å². The summed E-state index contributed by atoms with van der Waals surface area (Å²) in [5.74, 6) is -4.20. The van der Waals surface area contributed by atoms with Crippen LogP contribution in [0.4, 0.5) is 0 Å². The highest BCUT2D eigenvalue weighted by Crippen LogP contribution is 2.03. The van der Waals surface area contributed by atoms with E-state index in [0.717, 1.165) is 12.8 Å². The first kappa shape index (κ1) is 19.4. The van der Waals surface area contributed by atoms with Gasteiger partial charge < -0.3 is 30.5 Å². The number of ketones is 1. The zero-order valence-electron chi connectivity index (χ0n) is 11.7. The molecular formula is C12H21NO8. The maximum absolute atomic E-state index is 11.5. The van der Waals surface area contributed by atoms with Crippen LogP contribution in [0.5, 0.6) is 0 Å². The molecule has 0 rings (SSSR count). The van der Waals surface area contributed by atoms with Gasteiger partial charge in [0.05, 0.1) is 6.54 Å². The van der Waals surface area contributed by atoms with Crippen molar-refractivity contribution in [2.45, 2.75) is 38.1 Å². The van der Waals surface area contributed by atoms with Gasteiger partial charge in [0.2, 0.25) is 0 Å². The highest BCUT2D eigenvalue weighted by molar-refractivity contribution is 6.28. The smallest absolute Gasteiger partial charge is 0.417 e. The molecule has 0 saturated heterocycles. The third-order valence-electron chi connectivity index (χ3n) is 2.61. The highest BCUT2D eigenvalue weighted by atomic mass is 16.6. The summed E-state index contributed by atoms with van der Waals surface area (Å²) in [7, 11) is 0. The molecule has 3 atom stereocenters. The first-order valence-corrected chi connectivity index (χ1v) is 6.48. The van der Waals surface area contributed by atoms with E-state index in [1.807, 2.05) is 6.92 Å². The molecule has 0 aromatic heterocycles. The Hall–Kier alpha value is -1.55. The fraction of sp³-hybridized carbons (Fsp3) is 0.750. The predicted octanol–water partition coefficient (Wildman–Crippen LogP) is -2.34. The minimum Gasteiger partial charge on any atom is -0.473 e. The number of carboxylic acids is 1. The predicted molar refractivity (Wildman–Crippen MR) is 69.4 cm³/mol. The third kappa shape index (κ3) is 7.71. The van der Waals surface area contributed by atoms with Crippen molar-refractivity contribution < 1.29 is 39.5 Å². The average Bonchev–Trinajstić information content (AvgIpc) is 2.46. The van der Waals surface area contributed by atoms with Crippen LogP contribution in [0, 0.1) is 0 Å². The number of Topliss-reactive ketones (excluding diaryl/α,β-unsaturated/α-hetero) is 1. The number of unbranched alkanes of at least 4 members (excludes halogenated alkanes) is 1. The van der Waals surface area contributed by atoms with Gasteiger partial charge >= 0.3 is 11.9 Å². The van der Waals surface area contributed by atoms with E-state index in [-0.39, 0.29) is 6.54 Å². The Morgan fingerprint density at radius 1 is 1.19 bits per heavy atom. The topological polar surface area (TPSA) is 153 Å². The fourth-order valence-electron chi connectivity index (χ4n) is 1.34. The maximum Gasteiger partial charge on any atom is 0.417 e. The van der Waals surface area contributed by atoms with Gasteiger partial charge in [-0.3, -0.25) is 4.79 Å². The van der Waals surface area contributed by atoms with Crippen molar-refractivity contribution in [3.63, 3.8) is 0 Å². The molecule has 0 bridgehead atoms. The van der Waals surface area contributed by atoms with E-state index >= 15 is 0 Å². The number of nitrogens with one attached hydrogen (secondary N) is 1. The number of aliphatic hydroxyl groups is 3. The number of esters is 1. The van der Waals surface area contributed by atoms with Gasteiger partial charge in [-0.1, -0.05) is 13.3 Å². The molecule has 0 spiro atoms. The SMILES string of the molecule is CCCCNCC(=O)[C@@H](O)[C@H](O)[C@H](O)COC(=O)C(=O)O. The van der Waals surface area contributed by atoms with Gasteiger partial charge in [-0.05, 0) is 13.0 Å². The molecule has 0 radical (unpaired) electrons. The van der Waals surface area contributed by atoms with Gasteiger partial charge in [-0.15, -0.1) is 0 Å². The van der Waals surface area contributed by atoms with E-state index in [0.29, 0.717) is 6.54 Å². The second-order valence-corrected chi connectivity index (χ2v) is 4.40. The second kappa shape index (κ2) is 10.2. The van der Waals surface area contributed by atoms with Crippen LogP contribution < -0.4 is 5.32 Å². The summed E-state index contributed by atoms with van der Waals surface area (Å²) in [5.41, 5.74) is 0. The zero-order valence-corrected chi connectivity index (χ0v) is 11.7. The summed E-state index contributed by atoms with van der Waals surface area (Å²) in [6.45, 7) is 1.51. The van der Waals surface area contributed by atoms with E-state index in [2.05, 4.69) is 10.1 Å². The molecule has 0 unspecified atom stereocenters. The minimum atomic E-state index is -1.88. The average molecular weight is 307 g/mol. The first-order chi connectivity index (χ1) is 9.81. The van der Waals surface area contributed by atoms with Crippen LogP contribution in [0.1, 0.15) is 19.8 Å². The third-order valence-corrected chi connectivity index (χ3v) is 2.61. The van der Waals surface area contributed by atoms with Crippen molar-refractivity contribution in [3.8, 4) is 0 Å². The Labute approximate surface area is 121 Å². The molecule has 0 aliphatic heterocycles. The number of carboxylic acid groups (broad SMARTS) is 1. The number of carbonyl (C=O) groups is 3. The molecule has 0 heterocycles. The van der Waals surface area contributed by atoms with Crippen molar-refractivity contribution in [2.24, 2.45) is 0 Å². The molecule has 9 heteroatoms. The highest BCUT2D eigenvalue weighted by Gasteiger charge is 2.31. The van der Waals surface area contributed by atoms with Gasteiger partial charge in [-0.2, -0.15) is 0 Å². The molecule has 122 valence electrons. The standard InChI is InChI=1S/C12H21NO8/c1-2-3-4-13-5-7(14)9(16)10(17)8(15)6-21-12(20)11(18)19/h8-10,13,15-17H,2-6H2,1H3,(H,18,19)/t8-,9-,10-/m1/s1. The molecular weight excluding hydrogens is 286 g/mol. The molecule has 21 heavy (non-hydrogen) atoms. The van der Waals surface area contributed by atoms with Crippen LogP contribution in [0.15, 0.2) is 0 Å². The molecule has 9 nitrogen and oxygen atoms in total. The van der Waals surface area contributed by atoms with E-state index in [1.54, 1.807) is 0 Å². The van der Waals surface area contributed by atoms with E-state index in [1.165, 1.54) is 0 Å². The molecule has 0 saturated carbocycles. The molecule has 0 aliphatic rings.